The van der Waals surface area contributed by atoms with Crippen LogP contribution in [0.25, 0.3) is 10.8 Å². The van der Waals surface area contributed by atoms with Gasteiger partial charge in [0.2, 0.25) is 27.7 Å². The monoisotopic (exact) mass is 835 g/mol. The van der Waals surface area contributed by atoms with Crippen molar-refractivity contribution in [2.45, 2.75) is 120 Å². The minimum Gasteiger partial charge on any atom is -0.489 e. The van der Waals surface area contributed by atoms with E-state index in [2.05, 4.69) is 27.3 Å². The Balaban J connectivity index is 1.09. The molecule has 0 spiro atoms. The highest BCUT2D eigenvalue weighted by atomic mass is 32.2. The lowest BCUT2D eigenvalue weighted by Crippen LogP contribution is -2.59. The van der Waals surface area contributed by atoms with Crippen LogP contribution in [0.4, 0.5) is 4.79 Å². The summed E-state index contributed by atoms with van der Waals surface area (Å²) in [6.07, 6.45) is 9.88. The summed E-state index contributed by atoms with van der Waals surface area (Å²) < 4.78 is 51.2. The third kappa shape index (κ3) is 8.61. The number of carbonyl (C=O) groups is 4. The van der Waals surface area contributed by atoms with Crippen LogP contribution in [0.5, 0.6) is 11.6 Å². The third-order valence-corrected chi connectivity index (χ3v) is 15.7. The first-order valence-electron chi connectivity index (χ1n) is 21.2. The van der Waals surface area contributed by atoms with E-state index in [1.54, 1.807) is 20.2 Å². The predicted octanol–water partition coefficient (Wildman–Crippen LogP) is 4.39. The summed E-state index contributed by atoms with van der Waals surface area (Å²) in [6.45, 7) is 6.32. The number of pyridine rings is 1. The molecule has 0 bridgehead atoms. The smallest absolute Gasteiger partial charge is 0.408 e. The van der Waals surface area contributed by atoms with Crippen LogP contribution < -0.4 is 24.8 Å². The molecule has 4 amide bonds. The molecule has 8 rings (SSSR count). The van der Waals surface area contributed by atoms with Crippen molar-refractivity contribution in [2.24, 2.45) is 29.6 Å². The highest BCUT2D eigenvalue weighted by molar-refractivity contribution is 7.91. The van der Waals surface area contributed by atoms with Crippen LogP contribution in [0, 0.1) is 29.6 Å². The largest absolute Gasteiger partial charge is 0.489 e. The quantitative estimate of drug-likeness (QED) is 0.215. The van der Waals surface area contributed by atoms with Gasteiger partial charge in [-0.1, -0.05) is 44.2 Å². The number of rotatable bonds is 11. The first-order chi connectivity index (χ1) is 28.2. The molecule has 15 nitrogen and oxygen atoms in total. The number of sulfonamides is 1. The van der Waals surface area contributed by atoms with Crippen LogP contribution in [-0.2, 0) is 33.9 Å². The minimum atomic E-state index is -4.00. The summed E-state index contributed by atoms with van der Waals surface area (Å²) in [7, 11) is -2.41. The van der Waals surface area contributed by atoms with Gasteiger partial charge in [0, 0.05) is 30.2 Å². The summed E-state index contributed by atoms with van der Waals surface area (Å²) >= 11 is 0. The summed E-state index contributed by atoms with van der Waals surface area (Å²) in [6, 6.07) is 5.33. The average molecular weight is 836 g/mol. The summed E-state index contributed by atoms with van der Waals surface area (Å²) in [5.74, 6) is -0.450. The highest BCUT2D eigenvalue weighted by Crippen LogP contribution is 2.52. The van der Waals surface area contributed by atoms with E-state index in [1.807, 2.05) is 43.3 Å². The normalized spacial score (nSPS) is 33.3. The highest BCUT2D eigenvalue weighted by Gasteiger charge is 2.63. The second kappa shape index (κ2) is 16.2. The van der Waals surface area contributed by atoms with Crippen molar-refractivity contribution in [3.05, 3.63) is 42.6 Å². The second-order valence-electron chi connectivity index (χ2n) is 18.2. The van der Waals surface area contributed by atoms with Crippen molar-refractivity contribution in [3.63, 3.8) is 0 Å². The molecule has 5 fully saturated rings. The average Bonchev–Trinajstić information content (AvgIpc) is 4.16. The van der Waals surface area contributed by atoms with Gasteiger partial charge in [-0.3, -0.25) is 19.1 Å². The minimum absolute atomic E-state index is 0.0181. The molecule has 4 aliphatic carbocycles. The molecular weight excluding hydrogens is 779 g/mol. The Morgan fingerprint density at radius 1 is 1.00 bits per heavy atom. The lowest BCUT2D eigenvalue weighted by Gasteiger charge is -2.33. The van der Waals surface area contributed by atoms with E-state index in [0.29, 0.717) is 61.9 Å². The zero-order valence-corrected chi connectivity index (χ0v) is 35.1. The van der Waals surface area contributed by atoms with Gasteiger partial charge in [0.25, 0.3) is 5.91 Å². The molecule has 0 unspecified atom stereocenters. The van der Waals surface area contributed by atoms with Crippen molar-refractivity contribution in [1.29, 1.82) is 0 Å². The molecule has 1 aromatic carbocycles. The number of nitrogens with zero attached hydrogens (tertiary/aromatic N) is 2. The van der Waals surface area contributed by atoms with Gasteiger partial charge < -0.3 is 34.5 Å². The van der Waals surface area contributed by atoms with Crippen molar-refractivity contribution in [2.75, 3.05) is 26.9 Å². The van der Waals surface area contributed by atoms with Crippen LogP contribution in [0.3, 0.4) is 0 Å². The van der Waals surface area contributed by atoms with Crippen LogP contribution >= 0.6 is 0 Å². The maximum Gasteiger partial charge on any atom is 0.408 e. The molecule has 0 radical (unpaired) electrons. The van der Waals surface area contributed by atoms with Gasteiger partial charge >= 0.3 is 6.09 Å². The van der Waals surface area contributed by atoms with Gasteiger partial charge in [0.05, 0.1) is 24.1 Å². The molecule has 59 heavy (non-hydrogen) atoms. The van der Waals surface area contributed by atoms with Crippen molar-refractivity contribution in [3.8, 4) is 11.6 Å². The number of methoxy groups -OCH3 is 1. The molecule has 6 aliphatic rings. The van der Waals surface area contributed by atoms with Crippen LogP contribution in [0.2, 0.25) is 0 Å². The number of aromatic nitrogens is 1. The molecule has 1 saturated heterocycles. The lowest BCUT2D eigenvalue weighted by molar-refractivity contribution is -0.142. The number of hydrogen-bond acceptors (Lipinski definition) is 11. The standard InChI is InChI=1S/C43H57N5O10S/c1-25-9-5-6-10-29-22-43(29,40(51)47-59(53,54)42(3)13-14-42)46-37(49)34-21-31(57-38-33-12-8-7-11-32(33)35(23-44-38)56-16-15-55-4)24-48(34)39(50)36(26(2)17-25)45-41(52)58-30-19-27-18-28(27)20-30/h6-8,10-12,23,25-31,34,36H,5,9,13-22,24H2,1-4H3,(H,45,52)(H,46,49)(H,47,51)/b10-6-/t25-,26-,27+,28+,29-,31-,34+,36+,43-/m1/s1. The fourth-order valence-corrected chi connectivity index (χ4v) is 10.7. The number of alkyl carbamates (subject to hydrolysis) is 1. The zero-order valence-electron chi connectivity index (χ0n) is 34.3. The number of ether oxygens (including phenoxy) is 4. The number of benzene rings is 1. The number of hydrogen-bond donors (Lipinski definition) is 3. The summed E-state index contributed by atoms with van der Waals surface area (Å²) in [5.41, 5.74) is -1.53. The molecule has 3 N–H and O–H groups in total. The van der Waals surface area contributed by atoms with Crippen LogP contribution in [0.15, 0.2) is 42.6 Å². The molecule has 9 atom stereocenters. The zero-order chi connectivity index (χ0) is 41.7. The number of fused-ring (bicyclic) bond motifs is 4. The summed E-state index contributed by atoms with van der Waals surface area (Å²) in [5, 5.41) is 7.28. The molecule has 3 heterocycles. The molecule has 320 valence electrons. The maximum atomic E-state index is 15.0. The van der Waals surface area contributed by atoms with E-state index in [0.717, 1.165) is 24.6 Å². The Morgan fingerprint density at radius 2 is 1.75 bits per heavy atom. The number of allylic oxidation sites excluding steroid dienone is 1. The number of amides is 4. The topological polar surface area (TPSA) is 192 Å². The van der Waals surface area contributed by atoms with Crippen molar-refractivity contribution >= 4 is 44.6 Å². The fraction of sp³-hybridized carbons (Fsp3) is 0.651. The molecule has 16 heteroatoms. The summed E-state index contributed by atoms with van der Waals surface area (Å²) in [4.78, 5) is 63.1. The first kappa shape index (κ1) is 41.3. The van der Waals surface area contributed by atoms with Gasteiger partial charge in [0.15, 0.2) is 0 Å². The SMILES string of the molecule is COCCOc1cnc(O[C@@H]2C[C@H]3C(=O)N[C@]4(C(=O)NS(=O)(=O)C5(C)CC5)C[C@H]4/C=C\CC[C@@H](C)C[C@@H](C)[C@H](NC(=O)OC4C[C@@H]5C[C@H]5C4)C(=O)N3C2)c2ccccc12. The van der Waals surface area contributed by atoms with Gasteiger partial charge in [0.1, 0.15) is 42.2 Å². The van der Waals surface area contributed by atoms with E-state index in [4.69, 9.17) is 18.9 Å². The number of carbonyl (C=O) groups excluding carboxylic acids is 4. The van der Waals surface area contributed by atoms with Crippen molar-refractivity contribution < 1.29 is 46.5 Å². The van der Waals surface area contributed by atoms with E-state index < -0.39 is 68.2 Å². The van der Waals surface area contributed by atoms with Crippen molar-refractivity contribution in [1.82, 2.24) is 25.2 Å². The Bertz CT molecular complexity index is 2100. The number of nitrogens with one attached hydrogen (secondary N) is 3. The molecule has 2 aliphatic heterocycles. The van der Waals surface area contributed by atoms with E-state index in [1.165, 1.54) is 11.3 Å². The van der Waals surface area contributed by atoms with Crippen LogP contribution in [-0.4, -0.2) is 104 Å². The molecule has 4 saturated carbocycles. The first-order valence-corrected chi connectivity index (χ1v) is 22.7. The lowest BCUT2D eigenvalue weighted by atomic mass is 9.88. The predicted molar refractivity (Wildman–Crippen MR) is 217 cm³/mol. The van der Waals surface area contributed by atoms with Gasteiger partial charge in [-0.25, -0.2) is 18.2 Å². The Labute approximate surface area is 345 Å². The third-order valence-electron chi connectivity index (χ3n) is 13.5. The van der Waals surface area contributed by atoms with Crippen LogP contribution in [0.1, 0.15) is 85.0 Å². The molecule has 1 aromatic heterocycles. The Morgan fingerprint density at radius 3 is 2.47 bits per heavy atom. The van der Waals surface area contributed by atoms with Gasteiger partial charge in [-0.05, 0) is 94.4 Å². The van der Waals surface area contributed by atoms with E-state index in [9.17, 15) is 27.6 Å². The second-order valence-corrected chi connectivity index (χ2v) is 20.3. The van der Waals surface area contributed by atoms with Gasteiger partial charge in [-0.15, -0.1) is 0 Å². The van der Waals surface area contributed by atoms with Gasteiger partial charge in [-0.2, -0.15) is 0 Å². The van der Waals surface area contributed by atoms with E-state index in [-0.39, 0.29) is 43.2 Å². The molecule has 2 aromatic rings. The maximum absolute atomic E-state index is 15.0. The van der Waals surface area contributed by atoms with E-state index >= 15 is 0 Å². The fourth-order valence-electron chi connectivity index (χ4n) is 9.41. The Hall–Kier alpha value is -4.44. The Kier molecular flexibility index (Phi) is 11.3. The molecular formula is C43H57N5O10S.